The minimum absolute atomic E-state index is 0.494. The molecule has 0 saturated carbocycles. The zero-order valence-electron chi connectivity index (χ0n) is 24.9. The van der Waals surface area contributed by atoms with E-state index in [-0.39, 0.29) is 0 Å². The summed E-state index contributed by atoms with van der Waals surface area (Å²) >= 11 is 0. The Balaban J connectivity index is 1.12. The summed E-state index contributed by atoms with van der Waals surface area (Å²) in [6, 6.07) is 42.5. The van der Waals surface area contributed by atoms with Gasteiger partial charge in [0.1, 0.15) is 22.6 Å². The molecule has 0 unspecified atom stereocenters. The van der Waals surface area contributed by atoms with Crippen LogP contribution in [0.1, 0.15) is 0 Å². The van der Waals surface area contributed by atoms with Crippen molar-refractivity contribution in [2.75, 3.05) is 0 Å². The molecule has 6 aromatic heterocycles. The van der Waals surface area contributed by atoms with E-state index in [1.807, 2.05) is 77.3 Å². The highest BCUT2D eigenvalue weighted by Gasteiger charge is 2.16. The van der Waals surface area contributed by atoms with E-state index in [1.165, 1.54) is 0 Å². The van der Waals surface area contributed by atoms with Crippen LogP contribution >= 0.6 is 0 Å². The third kappa shape index (κ3) is 4.76. The van der Waals surface area contributed by atoms with Gasteiger partial charge in [-0.05, 0) is 53.6 Å². The Hall–Kier alpha value is -6.67. The van der Waals surface area contributed by atoms with Crippen molar-refractivity contribution < 1.29 is 0 Å². The molecular formula is C39H24N8. The van der Waals surface area contributed by atoms with E-state index in [0.717, 1.165) is 55.5 Å². The van der Waals surface area contributed by atoms with Crippen LogP contribution in [0.25, 0.3) is 84.4 Å². The molecular weight excluding hydrogens is 580 g/mol. The SMILES string of the molecule is c1ccc(-c2nc(-c3cccc(-c4ccc(-c5nc6c(nc7ccccn76)c6ccccc56)cc4)c3)nc(-c3ccccn3)n2)nc1. The van der Waals surface area contributed by atoms with Crippen LogP contribution in [-0.2, 0) is 0 Å². The van der Waals surface area contributed by atoms with Gasteiger partial charge in [-0.2, -0.15) is 0 Å². The molecule has 8 nitrogen and oxygen atoms in total. The van der Waals surface area contributed by atoms with E-state index in [2.05, 4.69) is 70.6 Å². The van der Waals surface area contributed by atoms with Gasteiger partial charge in [0, 0.05) is 40.5 Å². The summed E-state index contributed by atoms with van der Waals surface area (Å²) in [5.74, 6) is 1.54. The van der Waals surface area contributed by atoms with Gasteiger partial charge in [-0.1, -0.05) is 84.9 Å². The van der Waals surface area contributed by atoms with Crippen molar-refractivity contribution in [3.05, 3.63) is 146 Å². The number of rotatable bonds is 5. The summed E-state index contributed by atoms with van der Waals surface area (Å²) in [5, 5.41) is 2.15. The normalized spacial score (nSPS) is 11.4. The number of hydrogen-bond donors (Lipinski definition) is 0. The van der Waals surface area contributed by atoms with Gasteiger partial charge < -0.3 is 0 Å². The standard InChI is InChI=1S/C39H24N8/c1-2-13-30-29(12-1)34(43-39-35(30)42-33-16-5-8-23-47(33)39)26-19-17-25(18-20-26)27-10-9-11-28(24-27)36-44-37(31-14-3-6-21-40-31)46-38(45-36)32-15-4-7-22-41-32/h1-24H. The Morgan fingerprint density at radius 1 is 0.426 bits per heavy atom. The zero-order chi connectivity index (χ0) is 31.2. The van der Waals surface area contributed by atoms with Gasteiger partial charge in [0.05, 0.1) is 5.69 Å². The highest BCUT2D eigenvalue weighted by molar-refractivity contribution is 6.09. The molecule has 0 N–H and O–H groups in total. The molecule has 0 amide bonds. The maximum Gasteiger partial charge on any atom is 0.182 e. The Kier molecular flexibility index (Phi) is 6.28. The van der Waals surface area contributed by atoms with E-state index in [1.54, 1.807) is 12.4 Å². The van der Waals surface area contributed by atoms with Crippen LogP contribution in [0.5, 0.6) is 0 Å². The Morgan fingerprint density at radius 2 is 1.06 bits per heavy atom. The minimum atomic E-state index is 0.494. The van der Waals surface area contributed by atoms with E-state index >= 15 is 0 Å². The highest BCUT2D eigenvalue weighted by atomic mass is 15.1. The van der Waals surface area contributed by atoms with Crippen molar-refractivity contribution in [1.82, 2.24) is 39.3 Å². The number of nitrogens with zero attached hydrogens (tertiary/aromatic N) is 8. The molecule has 47 heavy (non-hydrogen) atoms. The van der Waals surface area contributed by atoms with E-state index in [4.69, 9.17) is 24.9 Å². The summed E-state index contributed by atoms with van der Waals surface area (Å²) in [5.41, 5.74) is 8.91. The van der Waals surface area contributed by atoms with Crippen LogP contribution in [-0.4, -0.2) is 39.3 Å². The van der Waals surface area contributed by atoms with Gasteiger partial charge in [0.25, 0.3) is 0 Å². The molecule has 0 saturated heterocycles. The molecule has 0 spiro atoms. The number of imidazole rings is 1. The number of benzene rings is 3. The Labute approximate surface area is 269 Å². The largest absolute Gasteiger partial charge is 0.284 e. The Bertz CT molecular complexity index is 2500. The topological polar surface area (TPSA) is 94.6 Å². The van der Waals surface area contributed by atoms with Crippen molar-refractivity contribution in [2.45, 2.75) is 0 Å². The maximum absolute atomic E-state index is 5.15. The van der Waals surface area contributed by atoms with E-state index in [9.17, 15) is 0 Å². The summed E-state index contributed by atoms with van der Waals surface area (Å²) in [6.07, 6.45) is 5.48. The van der Waals surface area contributed by atoms with Crippen LogP contribution in [0.15, 0.2) is 146 Å². The summed E-state index contributed by atoms with van der Waals surface area (Å²) < 4.78 is 2.05. The van der Waals surface area contributed by atoms with Crippen LogP contribution in [0.4, 0.5) is 0 Å². The molecule has 0 bridgehead atoms. The summed E-state index contributed by atoms with van der Waals surface area (Å²) in [6.45, 7) is 0. The predicted molar refractivity (Wildman–Crippen MR) is 184 cm³/mol. The molecule has 0 fully saturated rings. The van der Waals surface area contributed by atoms with Crippen molar-refractivity contribution in [3.8, 4) is 56.8 Å². The lowest BCUT2D eigenvalue weighted by molar-refractivity contribution is 1.05. The second kappa shape index (κ2) is 11.0. The third-order valence-electron chi connectivity index (χ3n) is 8.20. The first-order chi connectivity index (χ1) is 23.3. The fourth-order valence-electron chi connectivity index (χ4n) is 5.94. The lowest BCUT2D eigenvalue weighted by Crippen LogP contribution is -2.01. The number of aromatic nitrogens is 8. The van der Waals surface area contributed by atoms with Crippen LogP contribution in [0.2, 0.25) is 0 Å². The zero-order valence-corrected chi connectivity index (χ0v) is 24.9. The first-order valence-electron chi connectivity index (χ1n) is 15.2. The first kappa shape index (κ1) is 26.7. The second-order valence-corrected chi connectivity index (χ2v) is 11.1. The van der Waals surface area contributed by atoms with Gasteiger partial charge in [-0.15, -0.1) is 0 Å². The molecule has 6 heterocycles. The monoisotopic (exact) mass is 604 g/mol. The molecule has 9 rings (SSSR count). The smallest absolute Gasteiger partial charge is 0.182 e. The average Bonchev–Trinajstić information content (AvgIpc) is 3.54. The highest BCUT2D eigenvalue weighted by Crippen LogP contribution is 2.34. The fraction of sp³-hybridized carbons (Fsp3) is 0. The van der Waals surface area contributed by atoms with Crippen molar-refractivity contribution in [2.24, 2.45) is 0 Å². The number of fused-ring (bicyclic) bond motifs is 5. The van der Waals surface area contributed by atoms with Gasteiger partial charge >= 0.3 is 0 Å². The molecule has 0 aliphatic heterocycles. The summed E-state index contributed by atoms with van der Waals surface area (Å²) in [4.78, 5) is 33.4. The molecule has 0 aliphatic rings. The lowest BCUT2D eigenvalue weighted by Gasteiger charge is -2.10. The quantitative estimate of drug-likeness (QED) is 0.195. The Morgan fingerprint density at radius 3 is 1.79 bits per heavy atom. The lowest BCUT2D eigenvalue weighted by atomic mass is 9.98. The van der Waals surface area contributed by atoms with Gasteiger partial charge in [0.15, 0.2) is 23.1 Å². The average molecular weight is 605 g/mol. The maximum atomic E-state index is 5.15. The molecule has 8 heteroatoms. The number of pyridine rings is 4. The van der Waals surface area contributed by atoms with Gasteiger partial charge in [0.2, 0.25) is 0 Å². The van der Waals surface area contributed by atoms with Crippen LogP contribution < -0.4 is 0 Å². The van der Waals surface area contributed by atoms with E-state index in [0.29, 0.717) is 28.9 Å². The van der Waals surface area contributed by atoms with Gasteiger partial charge in [-0.25, -0.2) is 24.9 Å². The number of hydrogen-bond acceptors (Lipinski definition) is 7. The van der Waals surface area contributed by atoms with Crippen LogP contribution in [0.3, 0.4) is 0 Å². The fourth-order valence-corrected chi connectivity index (χ4v) is 5.94. The van der Waals surface area contributed by atoms with Crippen molar-refractivity contribution in [3.63, 3.8) is 0 Å². The summed E-state index contributed by atoms with van der Waals surface area (Å²) in [7, 11) is 0. The van der Waals surface area contributed by atoms with Crippen LogP contribution in [0, 0.1) is 0 Å². The molecule has 3 aromatic carbocycles. The second-order valence-electron chi connectivity index (χ2n) is 11.1. The van der Waals surface area contributed by atoms with E-state index < -0.39 is 0 Å². The predicted octanol–water partition coefficient (Wildman–Crippen LogP) is 8.35. The van der Waals surface area contributed by atoms with Gasteiger partial charge in [-0.3, -0.25) is 14.4 Å². The van der Waals surface area contributed by atoms with Crippen molar-refractivity contribution in [1.29, 1.82) is 0 Å². The molecule has 9 aromatic rings. The minimum Gasteiger partial charge on any atom is -0.284 e. The molecule has 0 radical (unpaired) electrons. The molecule has 0 aliphatic carbocycles. The molecule has 0 atom stereocenters. The third-order valence-corrected chi connectivity index (χ3v) is 8.20. The molecule has 220 valence electrons. The first-order valence-corrected chi connectivity index (χ1v) is 15.2. The van der Waals surface area contributed by atoms with Crippen molar-refractivity contribution >= 4 is 27.6 Å².